The Morgan fingerprint density at radius 3 is 2.90 bits per heavy atom. The van der Waals surface area contributed by atoms with Crippen molar-refractivity contribution in [3.63, 3.8) is 0 Å². The molecule has 4 heterocycles. The zero-order chi connectivity index (χ0) is 20.0. The molecule has 5 rings (SSSR count). The molecule has 4 aromatic rings. The number of pyridine rings is 1. The van der Waals surface area contributed by atoms with E-state index in [1.165, 1.54) is 5.56 Å². The van der Waals surface area contributed by atoms with Crippen molar-refractivity contribution in [2.24, 2.45) is 0 Å². The highest BCUT2D eigenvalue weighted by atomic mass is 16.4. The molecule has 1 saturated heterocycles. The molecule has 0 N–H and O–H groups in total. The van der Waals surface area contributed by atoms with Crippen LogP contribution in [0.1, 0.15) is 41.3 Å². The first-order valence-corrected chi connectivity index (χ1v) is 10.1. The van der Waals surface area contributed by atoms with Crippen molar-refractivity contribution >= 4 is 16.6 Å². The van der Waals surface area contributed by atoms with Crippen molar-refractivity contribution < 1.29 is 4.42 Å². The van der Waals surface area contributed by atoms with Crippen molar-refractivity contribution in [3.05, 3.63) is 75.5 Å². The highest BCUT2D eigenvalue weighted by molar-refractivity contribution is 5.81. The molecule has 1 aliphatic rings. The largest absolute Gasteiger partial charge is 0.423 e. The number of nitrogens with zero attached hydrogens (tertiary/aromatic N) is 4. The van der Waals surface area contributed by atoms with Crippen LogP contribution in [0.5, 0.6) is 0 Å². The maximum atomic E-state index is 12.1. The summed E-state index contributed by atoms with van der Waals surface area (Å²) in [5.41, 5.74) is 4.65. The molecule has 148 valence electrons. The number of fused-ring (bicyclic) bond motifs is 2. The van der Waals surface area contributed by atoms with Gasteiger partial charge in [-0.1, -0.05) is 6.07 Å². The first-order valence-electron chi connectivity index (χ1n) is 10.1. The van der Waals surface area contributed by atoms with Crippen LogP contribution in [0.4, 0.5) is 0 Å². The molecule has 0 radical (unpaired) electrons. The lowest BCUT2D eigenvalue weighted by Crippen LogP contribution is -2.34. The molecule has 0 bridgehead atoms. The first kappa shape index (κ1) is 18.1. The molecule has 1 aliphatic heterocycles. The van der Waals surface area contributed by atoms with Crippen LogP contribution >= 0.6 is 0 Å². The van der Waals surface area contributed by atoms with Gasteiger partial charge in [0.1, 0.15) is 11.4 Å². The lowest BCUT2D eigenvalue weighted by molar-refractivity contribution is 0.196. The van der Waals surface area contributed by atoms with E-state index in [1.54, 1.807) is 6.07 Å². The van der Waals surface area contributed by atoms with Crippen LogP contribution in [0, 0.1) is 13.8 Å². The fourth-order valence-electron chi connectivity index (χ4n) is 4.40. The zero-order valence-electron chi connectivity index (χ0n) is 16.8. The van der Waals surface area contributed by atoms with E-state index in [9.17, 15) is 4.79 Å². The molecule has 1 atom stereocenters. The predicted octanol–water partition coefficient (Wildman–Crippen LogP) is 3.83. The molecular formula is C23H24N4O2. The summed E-state index contributed by atoms with van der Waals surface area (Å²) in [5, 5.41) is 9.81. The van der Waals surface area contributed by atoms with Gasteiger partial charge in [-0.15, -0.1) is 10.2 Å². The number of likely N-dealkylation sites (tertiary alicyclic amines) is 1. The Kier molecular flexibility index (Phi) is 4.43. The second kappa shape index (κ2) is 7.12. The number of rotatable bonds is 3. The highest BCUT2D eigenvalue weighted by Gasteiger charge is 2.25. The van der Waals surface area contributed by atoms with Gasteiger partial charge in [0.2, 0.25) is 0 Å². The van der Waals surface area contributed by atoms with E-state index in [1.807, 2.05) is 37.4 Å². The summed E-state index contributed by atoms with van der Waals surface area (Å²) >= 11 is 0. The summed E-state index contributed by atoms with van der Waals surface area (Å²) in [4.78, 5) is 14.6. The number of aryl methyl sites for hydroxylation is 2. The normalized spacial score (nSPS) is 17.9. The third kappa shape index (κ3) is 3.34. The van der Waals surface area contributed by atoms with Crippen LogP contribution < -0.4 is 5.63 Å². The number of benzene rings is 1. The van der Waals surface area contributed by atoms with Crippen LogP contribution in [0.25, 0.3) is 16.6 Å². The van der Waals surface area contributed by atoms with Crippen molar-refractivity contribution in [2.75, 3.05) is 13.1 Å². The van der Waals surface area contributed by atoms with Gasteiger partial charge in [-0.2, -0.15) is 0 Å². The Morgan fingerprint density at radius 1 is 1.14 bits per heavy atom. The van der Waals surface area contributed by atoms with Gasteiger partial charge in [-0.25, -0.2) is 4.79 Å². The fraction of sp³-hybridized carbons (Fsp3) is 0.348. The molecule has 1 fully saturated rings. The summed E-state index contributed by atoms with van der Waals surface area (Å²) in [7, 11) is 0. The number of hydrogen-bond donors (Lipinski definition) is 0. The Labute approximate surface area is 168 Å². The minimum absolute atomic E-state index is 0.284. The van der Waals surface area contributed by atoms with Gasteiger partial charge in [0.15, 0.2) is 5.65 Å². The maximum absolute atomic E-state index is 12.1. The summed E-state index contributed by atoms with van der Waals surface area (Å²) in [6.07, 6.45) is 4.23. The Bertz CT molecular complexity index is 1260. The van der Waals surface area contributed by atoms with Gasteiger partial charge in [0.05, 0.1) is 0 Å². The Balaban J connectivity index is 1.45. The zero-order valence-corrected chi connectivity index (χ0v) is 16.8. The molecule has 6 nitrogen and oxygen atoms in total. The molecule has 1 aromatic carbocycles. The van der Waals surface area contributed by atoms with E-state index in [4.69, 9.17) is 4.42 Å². The Hall–Kier alpha value is -2.99. The van der Waals surface area contributed by atoms with Crippen LogP contribution in [0.15, 0.2) is 51.8 Å². The minimum atomic E-state index is -0.284. The van der Waals surface area contributed by atoms with E-state index in [2.05, 4.69) is 32.5 Å². The van der Waals surface area contributed by atoms with Gasteiger partial charge in [0, 0.05) is 36.7 Å². The summed E-state index contributed by atoms with van der Waals surface area (Å²) in [6, 6.07) is 11.7. The molecule has 3 aromatic heterocycles. The van der Waals surface area contributed by atoms with Gasteiger partial charge < -0.3 is 4.42 Å². The molecule has 0 amide bonds. The van der Waals surface area contributed by atoms with Crippen LogP contribution in [-0.2, 0) is 6.54 Å². The highest BCUT2D eigenvalue weighted by Crippen LogP contribution is 2.28. The molecular weight excluding hydrogens is 364 g/mol. The van der Waals surface area contributed by atoms with Crippen LogP contribution in [0.2, 0.25) is 0 Å². The topological polar surface area (TPSA) is 63.6 Å². The van der Waals surface area contributed by atoms with Crippen molar-refractivity contribution in [3.8, 4) is 0 Å². The average molecular weight is 388 g/mol. The fourth-order valence-corrected chi connectivity index (χ4v) is 4.40. The summed E-state index contributed by atoms with van der Waals surface area (Å²) < 4.78 is 7.55. The lowest BCUT2D eigenvalue weighted by atomic mass is 9.96. The number of aromatic nitrogens is 3. The van der Waals surface area contributed by atoms with Gasteiger partial charge in [-0.3, -0.25) is 9.30 Å². The first-order chi connectivity index (χ1) is 14.1. The van der Waals surface area contributed by atoms with Crippen LogP contribution in [0.3, 0.4) is 0 Å². The van der Waals surface area contributed by atoms with Crippen molar-refractivity contribution in [1.82, 2.24) is 19.5 Å². The molecule has 0 saturated carbocycles. The van der Waals surface area contributed by atoms with E-state index < -0.39 is 0 Å². The third-order valence-electron chi connectivity index (χ3n) is 6.05. The lowest BCUT2D eigenvalue weighted by Gasteiger charge is -2.32. The van der Waals surface area contributed by atoms with Crippen molar-refractivity contribution in [2.45, 2.75) is 39.2 Å². The SMILES string of the molecule is Cc1cc2oc(=O)cc(CN3CCC[C@@H](c4nnc5ccccn45)C3)c2cc1C. The third-order valence-corrected chi connectivity index (χ3v) is 6.05. The van der Waals surface area contributed by atoms with Crippen molar-refractivity contribution in [1.29, 1.82) is 0 Å². The van der Waals surface area contributed by atoms with E-state index in [0.717, 1.165) is 60.5 Å². The minimum Gasteiger partial charge on any atom is -0.423 e. The summed E-state index contributed by atoms with van der Waals surface area (Å²) in [5.74, 6) is 1.35. The van der Waals surface area contributed by atoms with E-state index >= 15 is 0 Å². The van der Waals surface area contributed by atoms with Gasteiger partial charge in [-0.05, 0) is 74.2 Å². The van der Waals surface area contributed by atoms with Gasteiger partial charge in [0.25, 0.3) is 0 Å². The van der Waals surface area contributed by atoms with E-state index in [-0.39, 0.29) is 5.63 Å². The second-order valence-corrected chi connectivity index (χ2v) is 8.08. The molecule has 29 heavy (non-hydrogen) atoms. The maximum Gasteiger partial charge on any atom is 0.336 e. The van der Waals surface area contributed by atoms with E-state index in [0.29, 0.717) is 11.5 Å². The monoisotopic (exact) mass is 388 g/mol. The molecule has 0 spiro atoms. The predicted molar refractivity (Wildman–Crippen MR) is 112 cm³/mol. The second-order valence-electron chi connectivity index (χ2n) is 8.08. The van der Waals surface area contributed by atoms with Crippen LogP contribution in [-0.4, -0.2) is 32.6 Å². The Morgan fingerprint density at radius 2 is 2.00 bits per heavy atom. The van der Waals surface area contributed by atoms with Gasteiger partial charge >= 0.3 is 5.63 Å². The average Bonchev–Trinajstić information content (AvgIpc) is 3.14. The molecule has 6 heteroatoms. The standard InChI is InChI=1S/C23H24N4O2/c1-15-10-19-18(12-22(28)29-20(19)11-16(15)2)14-26-8-5-6-17(13-26)23-25-24-21-7-3-4-9-27(21)23/h3-4,7,9-12,17H,5-6,8,13-14H2,1-2H3/t17-/m1/s1. The molecule has 0 unspecified atom stereocenters. The quantitative estimate of drug-likeness (QED) is 0.499. The molecule has 0 aliphatic carbocycles. The number of piperidine rings is 1. The smallest absolute Gasteiger partial charge is 0.336 e. The number of hydrogen-bond acceptors (Lipinski definition) is 5. The summed E-state index contributed by atoms with van der Waals surface area (Å²) in [6.45, 7) is 6.79.